The van der Waals surface area contributed by atoms with Crippen LogP contribution in [0.4, 0.5) is 4.79 Å². The highest BCUT2D eigenvalue weighted by Crippen LogP contribution is 2.15. The van der Waals surface area contributed by atoms with Crippen LogP contribution < -0.4 is 5.32 Å². The predicted octanol–water partition coefficient (Wildman–Crippen LogP) is 2.16. The molecule has 0 aliphatic carbocycles. The Morgan fingerprint density at radius 2 is 2.28 bits per heavy atom. The number of urea groups is 1. The number of rotatable bonds is 5. The van der Waals surface area contributed by atoms with Gasteiger partial charge in [-0.2, -0.15) is 0 Å². The molecule has 1 aliphatic heterocycles. The molecule has 18 heavy (non-hydrogen) atoms. The first-order chi connectivity index (χ1) is 8.54. The van der Waals surface area contributed by atoms with Gasteiger partial charge in [0.25, 0.3) is 0 Å². The molecule has 1 aliphatic rings. The van der Waals surface area contributed by atoms with E-state index in [-0.39, 0.29) is 6.03 Å². The van der Waals surface area contributed by atoms with Gasteiger partial charge in [-0.25, -0.2) is 4.79 Å². The number of piperidine rings is 1. The number of hydrogen-bond acceptors (Lipinski definition) is 2. The minimum atomic E-state index is 0.110. The third kappa shape index (κ3) is 4.84. The summed E-state index contributed by atoms with van der Waals surface area (Å²) >= 11 is 0. The molecule has 1 fully saturated rings. The molecule has 0 aromatic heterocycles. The highest BCUT2D eigenvalue weighted by Gasteiger charge is 2.20. The lowest BCUT2D eigenvalue weighted by atomic mass is 10.0. The van der Waals surface area contributed by atoms with Gasteiger partial charge in [0.2, 0.25) is 0 Å². The van der Waals surface area contributed by atoms with Gasteiger partial charge < -0.3 is 15.1 Å². The summed E-state index contributed by atoms with van der Waals surface area (Å²) in [6, 6.07) is 0.691. The van der Waals surface area contributed by atoms with Gasteiger partial charge in [0.15, 0.2) is 0 Å². The number of hydrogen-bond donors (Lipinski definition) is 1. The lowest BCUT2D eigenvalue weighted by Crippen LogP contribution is -2.47. The van der Waals surface area contributed by atoms with Gasteiger partial charge >= 0.3 is 6.03 Å². The fraction of sp³-hybridized carbons (Fsp3) is 0.929. The minimum absolute atomic E-state index is 0.110. The van der Waals surface area contributed by atoms with Gasteiger partial charge in [0.05, 0.1) is 0 Å². The second kappa shape index (κ2) is 7.62. The first kappa shape index (κ1) is 15.3. The van der Waals surface area contributed by atoms with Crippen molar-refractivity contribution in [2.24, 2.45) is 5.92 Å². The number of nitrogens with zero attached hydrogens (tertiary/aromatic N) is 2. The Morgan fingerprint density at radius 3 is 2.89 bits per heavy atom. The van der Waals surface area contributed by atoms with Crippen LogP contribution in [0.2, 0.25) is 0 Å². The Morgan fingerprint density at radius 1 is 1.56 bits per heavy atom. The van der Waals surface area contributed by atoms with Gasteiger partial charge in [-0.3, -0.25) is 0 Å². The fourth-order valence-electron chi connectivity index (χ4n) is 2.36. The smallest absolute Gasteiger partial charge is 0.317 e. The van der Waals surface area contributed by atoms with Crippen LogP contribution in [-0.4, -0.2) is 55.1 Å². The Labute approximate surface area is 112 Å². The van der Waals surface area contributed by atoms with E-state index in [1.54, 1.807) is 0 Å². The average Bonchev–Trinajstić information content (AvgIpc) is 2.37. The largest absolute Gasteiger partial charge is 0.337 e. The summed E-state index contributed by atoms with van der Waals surface area (Å²) in [6.07, 6.45) is 3.54. The molecule has 1 heterocycles. The Kier molecular flexibility index (Phi) is 6.47. The first-order valence-corrected chi connectivity index (χ1v) is 7.27. The Hall–Kier alpha value is -0.770. The number of likely N-dealkylation sites (tertiary alicyclic amines) is 1. The molecule has 0 aromatic carbocycles. The third-order valence-corrected chi connectivity index (χ3v) is 4.03. The molecular weight excluding hydrogens is 226 g/mol. The zero-order valence-electron chi connectivity index (χ0n) is 12.4. The van der Waals surface area contributed by atoms with Gasteiger partial charge in [0, 0.05) is 32.2 Å². The van der Waals surface area contributed by atoms with Crippen molar-refractivity contribution in [3.63, 3.8) is 0 Å². The predicted molar refractivity (Wildman–Crippen MR) is 75.8 cm³/mol. The van der Waals surface area contributed by atoms with E-state index >= 15 is 0 Å². The molecule has 2 amide bonds. The summed E-state index contributed by atoms with van der Waals surface area (Å²) in [5.74, 6) is 0.646. The Bertz CT molecular complexity index is 257. The maximum atomic E-state index is 12.0. The van der Waals surface area contributed by atoms with E-state index in [0.29, 0.717) is 12.0 Å². The molecule has 4 nitrogen and oxygen atoms in total. The van der Waals surface area contributed by atoms with Crippen LogP contribution in [0.25, 0.3) is 0 Å². The molecule has 1 rings (SSSR count). The molecule has 2 atom stereocenters. The maximum absolute atomic E-state index is 12.0. The van der Waals surface area contributed by atoms with Crippen molar-refractivity contribution in [1.82, 2.24) is 15.1 Å². The molecule has 1 N–H and O–H groups in total. The van der Waals surface area contributed by atoms with E-state index in [1.165, 1.54) is 6.42 Å². The molecule has 0 saturated carbocycles. The fourth-order valence-corrected chi connectivity index (χ4v) is 2.36. The average molecular weight is 255 g/mol. The molecule has 0 spiro atoms. The SMILES string of the molecule is CCC(C)N(C)CCNC(=O)N1CCCC(C)C1. The summed E-state index contributed by atoms with van der Waals surface area (Å²) in [7, 11) is 2.11. The van der Waals surface area contributed by atoms with E-state index in [2.05, 4.69) is 38.0 Å². The van der Waals surface area contributed by atoms with Crippen LogP contribution in [0.5, 0.6) is 0 Å². The molecule has 2 unspecified atom stereocenters. The van der Waals surface area contributed by atoms with Crippen LogP contribution >= 0.6 is 0 Å². The highest BCUT2D eigenvalue weighted by molar-refractivity contribution is 5.74. The van der Waals surface area contributed by atoms with Gasteiger partial charge in [-0.05, 0) is 39.2 Å². The van der Waals surface area contributed by atoms with E-state index in [1.807, 2.05) is 4.90 Å². The van der Waals surface area contributed by atoms with Crippen molar-refractivity contribution in [3.8, 4) is 0 Å². The Balaban J connectivity index is 2.20. The normalized spacial score (nSPS) is 22.1. The molecule has 0 bridgehead atoms. The standard InChI is InChI=1S/C14H29N3O/c1-5-13(3)16(4)10-8-15-14(18)17-9-6-7-12(2)11-17/h12-13H,5-11H2,1-4H3,(H,15,18). The molecule has 1 saturated heterocycles. The summed E-state index contributed by atoms with van der Waals surface area (Å²) in [5, 5.41) is 3.03. The van der Waals surface area contributed by atoms with E-state index in [0.717, 1.165) is 39.0 Å². The third-order valence-electron chi connectivity index (χ3n) is 4.03. The van der Waals surface area contributed by atoms with Crippen molar-refractivity contribution in [3.05, 3.63) is 0 Å². The van der Waals surface area contributed by atoms with Gasteiger partial charge in [-0.15, -0.1) is 0 Å². The zero-order chi connectivity index (χ0) is 13.5. The highest BCUT2D eigenvalue weighted by atomic mass is 16.2. The van der Waals surface area contributed by atoms with Crippen molar-refractivity contribution in [2.45, 2.75) is 46.1 Å². The van der Waals surface area contributed by atoms with E-state index in [9.17, 15) is 4.79 Å². The molecule has 0 radical (unpaired) electrons. The van der Waals surface area contributed by atoms with Crippen molar-refractivity contribution < 1.29 is 4.79 Å². The van der Waals surface area contributed by atoms with E-state index < -0.39 is 0 Å². The second-order valence-corrected chi connectivity index (χ2v) is 5.66. The van der Waals surface area contributed by atoms with Crippen molar-refractivity contribution >= 4 is 6.03 Å². The monoisotopic (exact) mass is 255 g/mol. The van der Waals surface area contributed by atoms with Crippen LogP contribution in [0.1, 0.15) is 40.0 Å². The quantitative estimate of drug-likeness (QED) is 0.817. The number of carbonyl (C=O) groups excluding carboxylic acids is 1. The molecule has 106 valence electrons. The maximum Gasteiger partial charge on any atom is 0.317 e. The molecule has 4 heteroatoms. The zero-order valence-corrected chi connectivity index (χ0v) is 12.4. The van der Waals surface area contributed by atoms with Crippen LogP contribution in [0.15, 0.2) is 0 Å². The number of carbonyl (C=O) groups is 1. The van der Waals surface area contributed by atoms with Crippen LogP contribution in [0, 0.1) is 5.92 Å². The number of likely N-dealkylation sites (N-methyl/N-ethyl adjacent to an activating group) is 1. The summed E-state index contributed by atoms with van der Waals surface area (Å²) < 4.78 is 0. The lowest BCUT2D eigenvalue weighted by Gasteiger charge is -2.31. The van der Waals surface area contributed by atoms with Crippen molar-refractivity contribution in [1.29, 1.82) is 0 Å². The number of nitrogens with one attached hydrogen (secondary N) is 1. The minimum Gasteiger partial charge on any atom is -0.337 e. The molecule has 0 aromatic rings. The number of amides is 2. The van der Waals surface area contributed by atoms with Gasteiger partial charge in [0.1, 0.15) is 0 Å². The summed E-state index contributed by atoms with van der Waals surface area (Å²) in [6.45, 7) is 10.1. The summed E-state index contributed by atoms with van der Waals surface area (Å²) in [5.41, 5.74) is 0. The summed E-state index contributed by atoms with van der Waals surface area (Å²) in [4.78, 5) is 16.2. The van der Waals surface area contributed by atoms with E-state index in [4.69, 9.17) is 0 Å². The molecular formula is C14H29N3O. The lowest BCUT2D eigenvalue weighted by molar-refractivity contribution is 0.167. The van der Waals surface area contributed by atoms with Gasteiger partial charge in [-0.1, -0.05) is 13.8 Å². The van der Waals surface area contributed by atoms with Crippen LogP contribution in [-0.2, 0) is 0 Å². The van der Waals surface area contributed by atoms with Crippen LogP contribution in [0.3, 0.4) is 0 Å². The second-order valence-electron chi connectivity index (χ2n) is 5.66. The first-order valence-electron chi connectivity index (χ1n) is 7.27. The topological polar surface area (TPSA) is 35.6 Å². The van der Waals surface area contributed by atoms with Crippen molar-refractivity contribution in [2.75, 3.05) is 33.2 Å².